The van der Waals surface area contributed by atoms with Crippen molar-refractivity contribution >= 4 is 22.5 Å². The van der Waals surface area contributed by atoms with Crippen LogP contribution in [0.4, 0.5) is 4.39 Å². The molecule has 5 aromatic rings. The molecule has 9 heteroatoms. The zero-order valence-electron chi connectivity index (χ0n) is 17.4. The van der Waals surface area contributed by atoms with Crippen molar-refractivity contribution in [3.05, 3.63) is 100 Å². The Morgan fingerprint density at radius 3 is 2.70 bits per heavy atom. The molecular weight excluding hydrogens is 445 g/mol. The van der Waals surface area contributed by atoms with E-state index in [1.807, 2.05) is 13.2 Å². The Morgan fingerprint density at radius 2 is 1.91 bits per heavy atom. The van der Waals surface area contributed by atoms with E-state index in [1.165, 1.54) is 23.0 Å². The molecule has 0 fully saturated rings. The Kier molecular flexibility index (Phi) is 5.35. The second kappa shape index (κ2) is 8.48. The zero-order chi connectivity index (χ0) is 22.9. The maximum atomic E-state index is 13.8. The van der Waals surface area contributed by atoms with E-state index < -0.39 is 5.82 Å². The molecule has 0 atom stereocenters. The van der Waals surface area contributed by atoms with Gasteiger partial charge in [0.1, 0.15) is 17.3 Å². The molecule has 0 bridgehead atoms. The van der Waals surface area contributed by atoms with Crippen LogP contribution in [-0.2, 0) is 13.6 Å². The van der Waals surface area contributed by atoms with E-state index in [-0.39, 0.29) is 17.1 Å². The molecule has 0 saturated heterocycles. The molecule has 3 heterocycles. The molecule has 0 amide bonds. The largest absolute Gasteiger partial charge is 0.457 e. The van der Waals surface area contributed by atoms with Crippen molar-refractivity contribution in [3.8, 4) is 22.8 Å². The molecule has 7 nitrogen and oxygen atoms in total. The molecule has 0 aliphatic heterocycles. The topological polar surface area (TPSA) is 74.8 Å². The molecule has 164 valence electrons. The van der Waals surface area contributed by atoms with E-state index in [4.69, 9.17) is 16.3 Å². The summed E-state index contributed by atoms with van der Waals surface area (Å²) in [6.07, 6.45) is 6.69. The molecule has 33 heavy (non-hydrogen) atoms. The Hall–Kier alpha value is -4.04. The summed E-state index contributed by atoms with van der Waals surface area (Å²) in [4.78, 5) is 21.8. The molecule has 0 N–H and O–H groups in total. The molecule has 0 aliphatic rings. The first-order valence-corrected chi connectivity index (χ1v) is 10.4. The van der Waals surface area contributed by atoms with Crippen LogP contribution >= 0.6 is 11.6 Å². The summed E-state index contributed by atoms with van der Waals surface area (Å²) in [5.41, 5.74) is 2.48. The maximum Gasteiger partial charge on any atom is 0.261 e. The van der Waals surface area contributed by atoms with Gasteiger partial charge in [0.15, 0.2) is 0 Å². The summed E-state index contributed by atoms with van der Waals surface area (Å²) in [7, 11) is 1.84. The third-order valence-corrected chi connectivity index (χ3v) is 5.41. The normalized spacial score (nSPS) is 11.1. The number of pyridine rings is 1. The number of halogens is 2. The van der Waals surface area contributed by atoms with Gasteiger partial charge in [-0.05, 0) is 42.0 Å². The second-order valence-electron chi connectivity index (χ2n) is 7.49. The SMILES string of the molecule is Cn1cc(-c2cc(Oc3ccc4ncn(Cc5ccc(Cl)c(F)c5)c(=O)c4c3)ccn2)cn1. The average Bonchev–Trinajstić information content (AvgIpc) is 3.25. The number of benzene rings is 2. The minimum atomic E-state index is -0.533. The molecule has 0 saturated carbocycles. The van der Waals surface area contributed by atoms with E-state index in [9.17, 15) is 9.18 Å². The molecular formula is C24H17ClFN5O2. The molecule has 0 radical (unpaired) electrons. The Bertz CT molecular complexity index is 1550. The van der Waals surface area contributed by atoms with Crippen LogP contribution in [0.2, 0.25) is 5.02 Å². The number of aryl methyl sites for hydroxylation is 1. The van der Waals surface area contributed by atoms with Gasteiger partial charge in [0.05, 0.1) is 40.7 Å². The Morgan fingerprint density at radius 1 is 1.06 bits per heavy atom. The first-order chi connectivity index (χ1) is 16.0. The van der Waals surface area contributed by atoms with Gasteiger partial charge in [-0.15, -0.1) is 0 Å². The summed E-state index contributed by atoms with van der Waals surface area (Å²) >= 11 is 5.74. The highest BCUT2D eigenvalue weighted by Crippen LogP contribution is 2.27. The van der Waals surface area contributed by atoms with Gasteiger partial charge >= 0.3 is 0 Å². The second-order valence-corrected chi connectivity index (χ2v) is 7.89. The summed E-state index contributed by atoms with van der Waals surface area (Å²) in [5, 5.41) is 4.59. The lowest BCUT2D eigenvalue weighted by Gasteiger charge is -2.10. The van der Waals surface area contributed by atoms with E-state index in [0.717, 1.165) is 11.3 Å². The van der Waals surface area contributed by atoms with Crippen LogP contribution in [0, 0.1) is 5.82 Å². The number of nitrogens with zero attached hydrogens (tertiary/aromatic N) is 5. The van der Waals surface area contributed by atoms with Crippen molar-refractivity contribution in [1.29, 1.82) is 0 Å². The number of hydrogen-bond donors (Lipinski definition) is 0. The summed E-state index contributed by atoms with van der Waals surface area (Å²) in [6.45, 7) is 0.166. The Labute approximate surface area is 192 Å². The van der Waals surface area contributed by atoms with Gasteiger partial charge in [-0.3, -0.25) is 19.0 Å². The van der Waals surface area contributed by atoms with Crippen LogP contribution in [0.15, 0.2) is 78.2 Å². The third kappa shape index (κ3) is 4.33. The standard InChI is InChI=1S/C24H17ClFN5O2/c1-30-13-16(11-29-30)23-10-18(6-7-27-23)33-17-3-5-22-19(9-17)24(32)31(14-28-22)12-15-2-4-20(25)21(26)8-15/h2-11,13-14H,12H2,1H3. The maximum absolute atomic E-state index is 13.8. The molecule has 3 aromatic heterocycles. The number of rotatable bonds is 5. The van der Waals surface area contributed by atoms with Crippen molar-refractivity contribution in [2.45, 2.75) is 6.54 Å². The smallest absolute Gasteiger partial charge is 0.261 e. The van der Waals surface area contributed by atoms with Gasteiger partial charge in [0.25, 0.3) is 5.56 Å². The molecule has 2 aromatic carbocycles. The lowest BCUT2D eigenvalue weighted by atomic mass is 10.2. The van der Waals surface area contributed by atoms with E-state index >= 15 is 0 Å². The van der Waals surface area contributed by atoms with Gasteiger partial charge in [0, 0.05) is 31.1 Å². The van der Waals surface area contributed by atoms with Gasteiger partial charge < -0.3 is 4.74 Å². The number of fused-ring (bicyclic) bond motifs is 1. The van der Waals surface area contributed by atoms with Gasteiger partial charge in [-0.25, -0.2) is 9.37 Å². The fourth-order valence-electron chi connectivity index (χ4n) is 3.47. The summed E-state index contributed by atoms with van der Waals surface area (Å²) in [5.74, 6) is 0.527. The van der Waals surface area contributed by atoms with Crippen LogP contribution < -0.4 is 10.3 Å². The van der Waals surface area contributed by atoms with Crippen LogP contribution in [0.1, 0.15) is 5.56 Å². The highest BCUT2D eigenvalue weighted by Gasteiger charge is 2.10. The molecule has 5 rings (SSSR count). The average molecular weight is 462 g/mol. The summed E-state index contributed by atoms with van der Waals surface area (Å²) < 4.78 is 22.9. The highest BCUT2D eigenvalue weighted by atomic mass is 35.5. The highest BCUT2D eigenvalue weighted by molar-refractivity contribution is 6.30. The molecule has 0 aliphatic carbocycles. The minimum absolute atomic E-state index is 0.0346. The van der Waals surface area contributed by atoms with Gasteiger partial charge in [-0.2, -0.15) is 5.10 Å². The fraction of sp³-hybridized carbons (Fsp3) is 0.0833. The van der Waals surface area contributed by atoms with E-state index in [2.05, 4.69) is 15.1 Å². The lowest BCUT2D eigenvalue weighted by Crippen LogP contribution is -2.21. The van der Waals surface area contributed by atoms with Gasteiger partial charge in [-0.1, -0.05) is 17.7 Å². The van der Waals surface area contributed by atoms with Crippen molar-refractivity contribution in [1.82, 2.24) is 24.3 Å². The minimum Gasteiger partial charge on any atom is -0.457 e. The van der Waals surface area contributed by atoms with Crippen molar-refractivity contribution in [3.63, 3.8) is 0 Å². The quantitative estimate of drug-likeness (QED) is 0.375. The Balaban J connectivity index is 1.45. The van der Waals surface area contributed by atoms with Crippen molar-refractivity contribution < 1.29 is 9.13 Å². The van der Waals surface area contributed by atoms with Crippen molar-refractivity contribution in [2.75, 3.05) is 0 Å². The lowest BCUT2D eigenvalue weighted by molar-refractivity contribution is 0.483. The zero-order valence-corrected chi connectivity index (χ0v) is 18.2. The number of hydrogen-bond acceptors (Lipinski definition) is 5. The monoisotopic (exact) mass is 461 g/mol. The molecule has 0 unspecified atom stereocenters. The first-order valence-electron chi connectivity index (χ1n) is 10.0. The van der Waals surface area contributed by atoms with E-state index in [0.29, 0.717) is 28.0 Å². The van der Waals surface area contributed by atoms with Gasteiger partial charge in [0.2, 0.25) is 0 Å². The predicted molar refractivity (Wildman–Crippen MR) is 123 cm³/mol. The third-order valence-electron chi connectivity index (χ3n) is 5.10. The summed E-state index contributed by atoms with van der Waals surface area (Å²) in [6, 6.07) is 13.1. The van der Waals surface area contributed by atoms with Crippen molar-refractivity contribution in [2.24, 2.45) is 7.05 Å². The van der Waals surface area contributed by atoms with Crippen LogP contribution in [0.3, 0.4) is 0 Å². The van der Waals surface area contributed by atoms with E-state index in [1.54, 1.807) is 53.5 Å². The fourth-order valence-corrected chi connectivity index (χ4v) is 3.59. The van der Waals surface area contributed by atoms with Crippen LogP contribution in [0.25, 0.3) is 22.2 Å². The first kappa shape index (κ1) is 20.8. The van der Waals surface area contributed by atoms with Crippen LogP contribution in [-0.4, -0.2) is 24.3 Å². The molecule has 0 spiro atoms. The predicted octanol–water partition coefficient (Wildman–Crippen LogP) is 4.83. The number of aromatic nitrogens is 5. The van der Waals surface area contributed by atoms with Crippen LogP contribution in [0.5, 0.6) is 11.5 Å². The number of ether oxygens (including phenoxy) is 1.